The van der Waals surface area contributed by atoms with Gasteiger partial charge in [-0.2, -0.15) is 0 Å². The average Bonchev–Trinajstić information content (AvgIpc) is 3.15. The van der Waals surface area contributed by atoms with Gasteiger partial charge in [-0.25, -0.2) is 4.99 Å². The van der Waals surface area contributed by atoms with E-state index in [2.05, 4.69) is 13.8 Å². The monoisotopic (exact) mass is 568 g/mol. The predicted molar refractivity (Wildman–Crippen MR) is 159 cm³/mol. The van der Waals surface area contributed by atoms with Gasteiger partial charge in [-0.1, -0.05) is 66.9 Å². The summed E-state index contributed by atoms with van der Waals surface area (Å²) in [5, 5.41) is 1.67. The molecule has 0 aromatic heterocycles. The number of carbonyl (C=O) groups is 1. The fraction of sp³-hybridized carbons (Fsp3) is 0.267. The summed E-state index contributed by atoms with van der Waals surface area (Å²) in [7, 11) is 0. The number of carbonyl (C=O) groups excluding carboxylic acids is 1. The Hall–Kier alpha value is -2.93. The zero-order valence-electron chi connectivity index (χ0n) is 21.8. The lowest BCUT2D eigenvalue weighted by Crippen LogP contribution is -2.32. The van der Waals surface area contributed by atoms with E-state index in [1.807, 2.05) is 68.5 Å². The molecule has 1 saturated heterocycles. The maximum Gasteiger partial charge on any atom is 0.266 e. The summed E-state index contributed by atoms with van der Waals surface area (Å²) < 4.78 is 11.9. The molecule has 0 radical (unpaired) electrons. The van der Waals surface area contributed by atoms with Crippen LogP contribution in [0.3, 0.4) is 0 Å². The van der Waals surface area contributed by atoms with Gasteiger partial charge in [-0.05, 0) is 85.1 Å². The second-order valence-corrected chi connectivity index (χ2v) is 11.2. The summed E-state index contributed by atoms with van der Waals surface area (Å²) in [5.74, 6) is 1.46. The Morgan fingerprint density at radius 1 is 0.974 bits per heavy atom. The number of aryl methyl sites for hydroxylation is 1. The number of aliphatic imine (C=N–C) groups is 1. The van der Waals surface area contributed by atoms with E-state index in [0.29, 0.717) is 57.3 Å². The lowest BCUT2D eigenvalue weighted by Gasteiger charge is -2.17. The Labute approximate surface area is 238 Å². The van der Waals surface area contributed by atoms with Crippen LogP contribution in [0.4, 0.5) is 5.69 Å². The zero-order valence-corrected chi connectivity index (χ0v) is 24.2. The molecule has 4 rings (SSSR count). The van der Waals surface area contributed by atoms with E-state index in [9.17, 15) is 4.79 Å². The Kier molecular flexibility index (Phi) is 9.42. The molecule has 38 heavy (non-hydrogen) atoms. The van der Waals surface area contributed by atoms with Crippen LogP contribution in [0, 0.1) is 12.8 Å². The Morgan fingerprint density at radius 3 is 2.42 bits per heavy atom. The lowest BCUT2D eigenvalue weighted by atomic mass is 10.1. The quantitative estimate of drug-likeness (QED) is 0.242. The predicted octanol–water partition coefficient (Wildman–Crippen LogP) is 8.54. The number of hydrogen-bond acceptors (Lipinski definition) is 5. The molecule has 5 nitrogen and oxygen atoms in total. The van der Waals surface area contributed by atoms with Crippen LogP contribution in [0.2, 0.25) is 10.0 Å². The van der Waals surface area contributed by atoms with Crippen molar-refractivity contribution in [2.75, 3.05) is 13.2 Å². The minimum absolute atomic E-state index is 0.0486. The number of halogens is 2. The second-order valence-electron chi connectivity index (χ2n) is 9.33. The highest BCUT2D eigenvalue weighted by molar-refractivity contribution is 8.18. The number of rotatable bonds is 9. The van der Waals surface area contributed by atoms with Gasteiger partial charge in [-0.3, -0.25) is 9.69 Å². The molecule has 1 amide bonds. The molecule has 0 atom stereocenters. The fourth-order valence-corrected chi connectivity index (χ4v) is 5.12. The first-order valence-corrected chi connectivity index (χ1v) is 14.0. The van der Waals surface area contributed by atoms with E-state index >= 15 is 0 Å². The molecule has 3 aromatic rings. The SMILES string of the molecule is CCOc1cc(/C=C2/SC(=Nc3ccc(C)cc3)N(CC(C)C)C2=O)ccc1OCc1ccc(Cl)c(Cl)c1. The van der Waals surface area contributed by atoms with E-state index < -0.39 is 0 Å². The van der Waals surface area contributed by atoms with Gasteiger partial charge in [-0.15, -0.1) is 0 Å². The third-order valence-electron chi connectivity index (χ3n) is 5.64. The van der Waals surface area contributed by atoms with Gasteiger partial charge >= 0.3 is 0 Å². The maximum absolute atomic E-state index is 13.4. The van der Waals surface area contributed by atoms with Crippen LogP contribution in [0.25, 0.3) is 6.08 Å². The first-order chi connectivity index (χ1) is 18.2. The van der Waals surface area contributed by atoms with Crippen molar-refractivity contribution < 1.29 is 14.3 Å². The van der Waals surface area contributed by atoms with Crippen molar-refractivity contribution in [1.29, 1.82) is 0 Å². The Morgan fingerprint density at radius 2 is 1.74 bits per heavy atom. The Bertz CT molecular complexity index is 1370. The maximum atomic E-state index is 13.4. The molecule has 0 bridgehead atoms. The van der Waals surface area contributed by atoms with Crippen molar-refractivity contribution in [1.82, 2.24) is 4.90 Å². The van der Waals surface area contributed by atoms with E-state index in [1.165, 1.54) is 17.3 Å². The van der Waals surface area contributed by atoms with E-state index in [0.717, 1.165) is 16.8 Å². The molecule has 0 saturated carbocycles. The third kappa shape index (κ3) is 7.13. The second kappa shape index (κ2) is 12.7. The highest BCUT2D eigenvalue weighted by atomic mass is 35.5. The molecule has 0 spiro atoms. The summed E-state index contributed by atoms with van der Waals surface area (Å²) in [4.78, 5) is 20.5. The molecular weight excluding hydrogens is 539 g/mol. The lowest BCUT2D eigenvalue weighted by molar-refractivity contribution is -0.122. The minimum Gasteiger partial charge on any atom is -0.490 e. The highest BCUT2D eigenvalue weighted by Crippen LogP contribution is 2.36. The summed E-state index contributed by atoms with van der Waals surface area (Å²) in [6.07, 6.45) is 1.88. The van der Waals surface area contributed by atoms with Crippen molar-refractivity contribution >= 4 is 57.8 Å². The van der Waals surface area contributed by atoms with Crippen molar-refractivity contribution in [2.24, 2.45) is 10.9 Å². The van der Waals surface area contributed by atoms with Gasteiger partial charge in [0.15, 0.2) is 16.7 Å². The van der Waals surface area contributed by atoms with Crippen LogP contribution in [0.1, 0.15) is 37.5 Å². The molecule has 3 aromatic carbocycles. The Balaban J connectivity index is 1.58. The van der Waals surface area contributed by atoms with Crippen molar-refractivity contribution in [3.8, 4) is 11.5 Å². The van der Waals surface area contributed by atoms with Gasteiger partial charge < -0.3 is 9.47 Å². The van der Waals surface area contributed by atoms with Crippen LogP contribution in [-0.2, 0) is 11.4 Å². The standard InChI is InChI=1S/C30H30Cl2N2O3S/c1-5-36-27-15-21(9-13-26(27)37-18-22-8-12-24(31)25(32)14-22)16-28-29(35)34(17-19(2)3)30(38-28)33-23-10-6-20(4)7-11-23/h6-16,19H,5,17-18H2,1-4H3/b28-16+,33-30?. The van der Waals surface area contributed by atoms with Gasteiger partial charge in [0, 0.05) is 6.54 Å². The summed E-state index contributed by atoms with van der Waals surface area (Å²) in [6, 6.07) is 19.0. The summed E-state index contributed by atoms with van der Waals surface area (Å²) in [5.41, 5.74) is 3.72. The topological polar surface area (TPSA) is 51.1 Å². The normalized spacial score (nSPS) is 15.7. The molecule has 1 aliphatic rings. The van der Waals surface area contributed by atoms with Gasteiger partial charge in [0.1, 0.15) is 6.61 Å². The van der Waals surface area contributed by atoms with Crippen molar-refractivity contribution in [3.05, 3.63) is 92.3 Å². The number of thioether (sulfide) groups is 1. The molecule has 8 heteroatoms. The molecule has 1 fully saturated rings. The number of ether oxygens (including phenoxy) is 2. The molecule has 0 aliphatic carbocycles. The van der Waals surface area contributed by atoms with Crippen LogP contribution in [0.15, 0.2) is 70.6 Å². The van der Waals surface area contributed by atoms with Crippen molar-refractivity contribution in [2.45, 2.75) is 34.3 Å². The minimum atomic E-state index is -0.0486. The number of benzene rings is 3. The van der Waals surface area contributed by atoms with Crippen LogP contribution < -0.4 is 9.47 Å². The number of hydrogen-bond donors (Lipinski definition) is 0. The van der Waals surface area contributed by atoms with E-state index in [1.54, 1.807) is 17.0 Å². The fourth-order valence-electron chi connectivity index (χ4n) is 3.79. The van der Waals surface area contributed by atoms with Crippen LogP contribution in [0.5, 0.6) is 11.5 Å². The molecule has 1 heterocycles. The van der Waals surface area contributed by atoms with Crippen LogP contribution in [-0.4, -0.2) is 29.1 Å². The average molecular weight is 570 g/mol. The van der Waals surface area contributed by atoms with Crippen LogP contribution >= 0.6 is 35.0 Å². The molecule has 0 N–H and O–H groups in total. The van der Waals surface area contributed by atoms with E-state index in [4.69, 9.17) is 37.7 Å². The number of amidine groups is 1. The third-order valence-corrected chi connectivity index (χ3v) is 7.38. The summed E-state index contributed by atoms with van der Waals surface area (Å²) >= 11 is 13.5. The van der Waals surface area contributed by atoms with Gasteiger partial charge in [0.05, 0.1) is 27.2 Å². The number of amides is 1. The first-order valence-electron chi connectivity index (χ1n) is 12.4. The first kappa shape index (κ1) is 28.1. The summed E-state index contributed by atoms with van der Waals surface area (Å²) in [6.45, 7) is 9.53. The van der Waals surface area contributed by atoms with Gasteiger partial charge in [0.2, 0.25) is 0 Å². The van der Waals surface area contributed by atoms with Crippen molar-refractivity contribution in [3.63, 3.8) is 0 Å². The molecular formula is C30H30Cl2N2O3S. The molecule has 1 aliphatic heterocycles. The number of nitrogens with zero attached hydrogens (tertiary/aromatic N) is 2. The smallest absolute Gasteiger partial charge is 0.266 e. The largest absolute Gasteiger partial charge is 0.490 e. The zero-order chi connectivity index (χ0) is 27.2. The highest BCUT2D eigenvalue weighted by Gasteiger charge is 2.33. The van der Waals surface area contributed by atoms with E-state index in [-0.39, 0.29) is 5.91 Å². The molecule has 0 unspecified atom stereocenters. The molecule has 198 valence electrons. The van der Waals surface area contributed by atoms with Gasteiger partial charge in [0.25, 0.3) is 5.91 Å².